The minimum Gasteiger partial charge on any atom is -0.469 e. The van der Waals surface area contributed by atoms with Gasteiger partial charge in [0.2, 0.25) is 0 Å². The van der Waals surface area contributed by atoms with E-state index in [1.165, 1.54) is 12.0 Å². The average molecular weight is 240 g/mol. The number of carbonyl (C=O) groups excluding carboxylic acids is 2. The monoisotopic (exact) mass is 240 g/mol. The Morgan fingerprint density at radius 1 is 1.41 bits per heavy atom. The summed E-state index contributed by atoms with van der Waals surface area (Å²) in [6.45, 7) is 3.69. The Balaban J connectivity index is 2.67. The molecule has 94 valence electrons. The van der Waals surface area contributed by atoms with Crippen LogP contribution in [-0.4, -0.2) is 42.6 Å². The molecule has 1 aromatic heterocycles. The van der Waals surface area contributed by atoms with E-state index in [4.69, 9.17) is 4.52 Å². The van der Waals surface area contributed by atoms with Gasteiger partial charge >= 0.3 is 5.97 Å². The third-order valence-electron chi connectivity index (χ3n) is 2.47. The number of methoxy groups -OCH3 is 1. The zero-order valence-corrected chi connectivity index (χ0v) is 10.4. The number of amides is 1. The molecule has 1 aromatic rings. The van der Waals surface area contributed by atoms with Gasteiger partial charge in [-0.15, -0.1) is 0 Å². The second-order valence-corrected chi connectivity index (χ2v) is 3.75. The van der Waals surface area contributed by atoms with Crippen molar-refractivity contribution in [1.29, 1.82) is 0 Å². The van der Waals surface area contributed by atoms with E-state index < -0.39 is 0 Å². The van der Waals surface area contributed by atoms with Crippen LogP contribution in [0.1, 0.15) is 28.2 Å². The molecule has 1 rings (SSSR count). The van der Waals surface area contributed by atoms with Gasteiger partial charge in [-0.2, -0.15) is 0 Å². The van der Waals surface area contributed by atoms with E-state index in [2.05, 4.69) is 9.89 Å². The number of hydrogen-bond acceptors (Lipinski definition) is 5. The molecule has 0 aliphatic carbocycles. The Morgan fingerprint density at radius 3 is 2.53 bits per heavy atom. The van der Waals surface area contributed by atoms with Crippen molar-refractivity contribution in [3.8, 4) is 0 Å². The summed E-state index contributed by atoms with van der Waals surface area (Å²) in [5, 5.41) is 3.72. The Hall–Kier alpha value is -1.85. The number of ether oxygens (including phenoxy) is 1. The van der Waals surface area contributed by atoms with Crippen LogP contribution in [0.25, 0.3) is 0 Å². The first-order chi connectivity index (χ1) is 7.97. The first-order valence-electron chi connectivity index (χ1n) is 5.22. The molecule has 0 aromatic carbocycles. The van der Waals surface area contributed by atoms with Gasteiger partial charge in [-0.05, 0) is 13.8 Å². The van der Waals surface area contributed by atoms with Crippen molar-refractivity contribution in [3.05, 3.63) is 17.0 Å². The predicted molar refractivity (Wildman–Crippen MR) is 59.6 cm³/mol. The highest BCUT2D eigenvalue weighted by Crippen LogP contribution is 2.14. The summed E-state index contributed by atoms with van der Waals surface area (Å²) in [5.41, 5.74) is 1.01. The molecule has 0 radical (unpaired) electrons. The van der Waals surface area contributed by atoms with Crippen LogP contribution in [0.4, 0.5) is 0 Å². The molecule has 6 heteroatoms. The van der Waals surface area contributed by atoms with Crippen molar-refractivity contribution in [2.45, 2.75) is 20.3 Å². The summed E-state index contributed by atoms with van der Waals surface area (Å²) in [4.78, 5) is 24.4. The second kappa shape index (κ2) is 5.47. The Bertz CT molecular complexity index is 406. The average Bonchev–Trinajstić information content (AvgIpc) is 2.64. The summed E-state index contributed by atoms with van der Waals surface area (Å²) in [5.74, 6) is -0.0639. The highest BCUT2D eigenvalue weighted by Gasteiger charge is 2.21. The summed E-state index contributed by atoms with van der Waals surface area (Å²) in [6, 6.07) is 0. The quantitative estimate of drug-likeness (QED) is 0.732. The molecule has 6 nitrogen and oxygen atoms in total. The van der Waals surface area contributed by atoms with Crippen LogP contribution in [-0.2, 0) is 9.53 Å². The number of rotatable bonds is 4. The molecule has 0 saturated carbocycles. The van der Waals surface area contributed by atoms with Crippen LogP contribution >= 0.6 is 0 Å². The normalized spacial score (nSPS) is 10.1. The zero-order chi connectivity index (χ0) is 13.0. The summed E-state index contributed by atoms with van der Waals surface area (Å²) in [6.07, 6.45) is 0.169. The van der Waals surface area contributed by atoms with E-state index in [1.807, 2.05) is 0 Å². The summed E-state index contributed by atoms with van der Waals surface area (Å²) in [7, 11) is 2.94. The number of esters is 1. The van der Waals surface area contributed by atoms with Gasteiger partial charge in [0.1, 0.15) is 11.3 Å². The van der Waals surface area contributed by atoms with Gasteiger partial charge in [-0.1, -0.05) is 5.16 Å². The van der Waals surface area contributed by atoms with Crippen molar-refractivity contribution >= 4 is 11.9 Å². The van der Waals surface area contributed by atoms with Crippen molar-refractivity contribution in [1.82, 2.24) is 10.1 Å². The lowest BCUT2D eigenvalue weighted by molar-refractivity contribution is -0.140. The number of aromatic nitrogens is 1. The van der Waals surface area contributed by atoms with Crippen LogP contribution in [0.2, 0.25) is 0 Å². The van der Waals surface area contributed by atoms with Gasteiger partial charge < -0.3 is 14.2 Å². The second-order valence-electron chi connectivity index (χ2n) is 3.75. The number of nitrogens with zero attached hydrogens (tertiary/aromatic N) is 2. The van der Waals surface area contributed by atoms with Crippen molar-refractivity contribution < 1.29 is 18.8 Å². The molecule has 0 saturated heterocycles. The fourth-order valence-electron chi connectivity index (χ4n) is 1.44. The fraction of sp³-hybridized carbons (Fsp3) is 0.545. The number of carbonyl (C=O) groups is 2. The first-order valence-corrected chi connectivity index (χ1v) is 5.22. The van der Waals surface area contributed by atoms with Gasteiger partial charge in [-0.25, -0.2) is 0 Å². The molecular formula is C11H16N2O4. The Labute approximate surface area is 99.5 Å². The molecule has 0 atom stereocenters. The van der Waals surface area contributed by atoms with Gasteiger partial charge in [0.25, 0.3) is 5.91 Å². The standard InChI is InChI=1S/C11H16N2O4/c1-7-10(8(2)17-12-7)11(15)13(3)6-5-9(14)16-4/h5-6H2,1-4H3. The van der Waals surface area contributed by atoms with E-state index in [-0.39, 0.29) is 18.3 Å². The third-order valence-corrected chi connectivity index (χ3v) is 2.47. The van der Waals surface area contributed by atoms with Crippen LogP contribution in [0.3, 0.4) is 0 Å². The van der Waals surface area contributed by atoms with Crippen molar-refractivity contribution in [2.75, 3.05) is 20.7 Å². The fourth-order valence-corrected chi connectivity index (χ4v) is 1.44. The lowest BCUT2D eigenvalue weighted by atomic mass is 10.2. The molecular weight excluding hydrogens is 224 g/mol. The topological polar surface area (TPSA) is 72.6 Å². The molecule has 17 heavy (non-hydrogen) atoms. The Kier molecular flexibility index (Phi) is 4.25. The zero-order valence-electron chi connectivity index (χ0n) is 10.4. The molecule has 0 unspecified atom stereocenters. The maximum atomic E-state index is 12.0. The lowest BCUT2D eigenvalue weighted by Gasteiger charge is -2.15. The molecule has 0 N–H and O–H groups in total. The van der Waals surface area contributed by atoms with Gasteiger partial charge in [-0.3, -0.25) is 9.59 Å². The van der Waals surface area contributed by atoms with Crippen LogP contribution in [0, 0.1) is 13.8 Å². The Morgan fingerprint density at radius 2 is 2.06 bits per heavy atom. The van der Waals surface area contributed by atoms with Crippen molar-refractivity contribution in [3.63, 3.8) is 0 Å². The van der Waals surface area contributed by atoms with Gasteiger partial charge in [0.05, 0.1) is 19.2 Å². The van der Waals surface area contributed by atoms with Crippen LogP contribution in [0.15, 0.2) is 4.52 Å². The number of hydrogen-bond donors (Lipinski definition) is 0. The van der Waals surface area contributed by atoms with E-state index in [1.54, 1.807) is 20.9 Å². The smallest absolute Gasteiger partial charge is 0.307 e. The molecule has 0 aliphatic heterocycles. The van der Waals surface area contributed by atoms with Gasteiger partial charge in [0, 0.05) is 13.6 Å². The maximum Gasteiger partial charge on any atom is 0.307 e. The highest BCUT2D eigenvalue weighted by molar-refractivity contribution is 5.96. The van der Waals surface area contributed by atoms with E-state index >= 15 is 0 Å². The van der Waals surface area contributed by atoms with Crippen molar-refractivity contribution in [2.24, 2.45) is 0 Å². The molecule has 0 aliphatic rings. The predicted octanol–water partition coefficient (Wildman–Crippen LogP) is 0.927. The molecule has 1 amide bonds. The summed E-state index contributed by atoms with van der Waals surface area (Å²) >= 11 is 0. The SMILES string of the molecule is COC(=O)CCN(C)C(=O)c1c(C)noc1C. The molecule has 0 fully saturated rings. The van der Waals surface area contributed by atoms with E-state index in [0.29, 0.717) is 23.6 Å². The highest BCUT2D eigenvalue weighted by atomic mass is 16.5. The summed E-state index contributed by atoms with van der Waals surface area (Å²) < 4.78 is 9.43. The third kappa shape index (κ3) is 3.05. The van der Waals surface area contributed by atoms with Crippen LogP contribution in [0.5, 0.6) is 0 Å². The minimum atomic E-state index is -0.344. The molecule has 0 spiro atoms. The maximum absolute atomic E-state index is 12.0. The largest absolute Gasteiger partial charge is 0.469 e. The lowest BCUT2D eigenvalue weighted by Crippen LogP contribution is -2.30. The number of aryl methyl sites for hydroxylation is 2. The minimum absolute atomic E-state index is 0.169. The molecule has 1 heterocycles. The van der Waals surface area contributed by atoms with E-state index in [0.717, 1.165) is 0 Å². The van der Waals surface area contributed by atoms with Gasteiger partial charge in [0.15, 0.2) is 0 Å². The van der Waals surface area contributed by atoms with Crippen LogP contribution < -0.4 is 0 Å². The molecule has 0 bridgehead atoms. The van der Waals surface area contributed by atoms with E-state index in [9.17, 15) is 9.59 Å². The first kappa shape index (κ1) is 13.2.